The summed E-state index contributed by atoms with van der Waals surface area (Å²) in [5.74, 6) is 0. The number of hydrogen-bond acceptors (Lipinski definition) is 5. The number of thiophene rings is 1. The Bertz CT molecular complexity index is 483. The highest BCUT2D eigenvalue weighted by Crippen LogP contribution is 2.25. The highest BCUT2D eigenvalue weighted by Gasteiger charge is 2.19. The average molecular weight is 306 g/mol. The van der Waals surface area contributed by atoms with E-state index in [1.165, 1.54) is 11.3 Å². The fraction of sp³-hybridized carbons (Fsp3) is 0.667. The molecule has 19 heavy (non-hydrogen) atoms. The van der Waals surface area contributed by atoms with Gasteiger partial charge in [0.05, 0.1) is 4.90 Å². The summed E-state index contributed by atoms with van der Waals surface area (Å²) in [7, 11) is 0.102. The zero-order valence-electron chi connectivity index (χ0n) is 11.7. The van der Waals surface area contributed by atoms with E-state index in [4.69, 9.17) is 4.74 Å². The largest absolute Gasteiger partial charge is 0.385 e. The lowest BCUT2D eigenvalue weighted by Crippen LogP contribution is -2.25. The lowest BCUT2D eigenvalue weighted by Gasteiger charge is -2.05. The molecule has 0 radical (unpaired) electrons. The molecule has 0 aromatic carbocycles. The van der Waals surface area contributed by atoms with Gasteiger partial charge in [-0.15, -0.1) is 11.3 Å². The molecule has 0 spiro atoms. The van der Waals surface area contributed by atoms with Gasteiger partial charge < -0.3 is 10.1 Å². The minimum Gasteiger partial charge on any atom is -0.385 e. The van der Waals surface area contributed by atoms with Gasteiger partial charge in [0.15, 0.2) is 0 Å². The monoisotopic (exact) mass is 306 g/mol. The van der Waals surface area contributed by atoms with Crippen molar-refractivity contribution < 1.29 is 13.2 Å². The van der Waals surface area contributed by atoms with Crippen LogP contribution in [0.25, 0.3) is 0 Å². The molecule has 1 aromatic rings. The van der Waals surface area contributed by atoms with Crippen molar-refractivity contribution in [3.05, 3.63) is 15.8 Å². The summed E-state index contributed by atoms with van der Waals surface area (Å²) in [6.45, 7) is 3.63. The Hall–Kier alpha value is -0.470. The molecule has 0 saturated carbocycles. The van der Waals surface area contributed by atoms with E-state index in [1.807, 2.05) is 14.0 Å². The molecule has 1 heterocycles. The molecule has 0 aliphatic carbocycles. The first kappa shape index (κ1) is 16.6. The van der Waals surface area contributed by atoms with E-state index in [1.54, 1.807) is 13.2 Å². The molecule has 0 atom stereocenters. The summed E-state index contributed by atoms with van der Waals surface area (Å²) in [6, 6.07) is 1.74. The molecular weight excluding hydrogens is 284 g/mol. The highest BCUT2D eigenvalue weighted by molar-refractivity contribution is 7.89. The van der Waals surface area contributed by atoms with Gasteiger partial charge >= 0.3 is 0 Å². The molecular formula is C12H22N2O3S2. The Kier molecular flexibility index (Phi) is 6.95. The lowest BCUT2D eigenvalue weighted by atomic mass is 10.3. The third-order valence-corrected chi connectivity index (χ3v) is 5.40. The van der Waals surface area contributed by atoms with Gasteiger partial charge in [-0.2, -0.15) is 0 Å². The Labute approximate surface area is 119 Å². The lowest BCUT2D eigenvalue weighted by molar-refractivity contribution is 0.193. The summed E-state index contributed by atoms with van der Waals surface area (Å²) >= 11 is 1.51. The topological polar surface area (TPSA) is 67.4 Å². The maximum atomic E-state index is 12.1. The molecule has 0 unspecified atom stereocenters. The van der Waals surface area contributed by atoms with Crippen molar-refractivity contribution in [2.45, 2.75) is 31.2 Å². The van der Waals surface area contributed by atoms with Crippen molar-refractivity contribution in [1.29, 1.82) is 0 Å². The molecule has 2 N–H and O–H groups in total. The first-order valence-electron chi connectivity index (χ1n) is 6.23. The number of nitrogens with one attached hydrogen (secondary N) is 2. The molecule has 1 aromatic heterocycles. The minimum absolute atomic E-state index is 0.398. The molecule has 0 saturated heterocycles. The molecule has 0 fully saturated rings. The Morgan fingerprint density at radius 1 is 1.37 bits per heavy atom. The number of aryl methyl sites for hydroxylation is 1. The SMILES string of the molecule is CNCc1cc(S(=O)(=O)NCCCCOC)c(C)s1. The average Bonchev–Trinajstić information content (AvgIpc) is 2.71. The van der Waals surface area contributed by atoms with Crippen molar-refractivity contribution in [2.24, 2.45) is 0 Å². The van der Waals surface area contributed by atoms with Crippen LogP contribution in [0.4, 0.5) is 0 Å². The summed E-state index contributed by atoms with van der Waals surface area (Å²) < 4.78 is 31.9. The number of rotatable bonds is 9. The van der Waals surface area contributed by atoms with Crippen LogP contribution in [-0.2, 0) is 21.3 Å². The van der Waals surface area contributed by atoms with Gasteiger partial charge in [0.2, 0.25) is 10.0 Å². The third-order valence-electron chi connectivity index (χ3n) is 2.63. The predicted molar refractivity (Wildman–Crippen MR) is 78.1 cm³/mol. The molecule has 7 heteroatoms. The van der Waals surface area contributed by atoms with Gasteiger partial charge in [-0.1, -0.05) is 0 Å². The zero-order valence-corrected chi connectivity index (χ0v) is 13.3. The quantitative estimate of drug-likeness (QED) is 0.678. The van der Waals surface area contributed by atoms with Crippen LogP contribution in [0.1, 0.15) is 22.6 Å². The Morgan fingerprint density at radius 3 is 2.74 bits per heavy atom. The minimum atomic E-state index is -3.38. The van der Waals surface area contributed by atoms with Crippen LogP contribution in [0.15, 0.2) is 11.0 Å². The van der Waals surface area contributed by atoms with Gasteiger partial charge in [-0.3, -0.25) is 0 Å². The van der Waals surface area contributed by atoms with E-state index >= 15 is 0 Å². The van der Waals surface area contributed by atoms with Crippen molar-refractivity contribution in [3.8, 4) is 0 Å². The van der Waals surface area contributed by atoms with Crippen LogP contribution < -0.4 is 10.0 Å². The van der Waals surface area contributed by atoms with Crippen LogP contribution in [0.2, 0.25) is 0 Å². The second-order valence-electron chi connectivity index (χ2n) is 4.26. The molecule has 1 rings (SSSR count). The number of hydrogen-bond donors (Lipinski definition) is 2. The van der Waals surface area contributed by atoms with Crippen molar-refractivity contribution in [3.63, 3.8) is 0 Å². The summed E-state index contributed by atoms with van der Waals surface area (Å²) in [6.07, 6.45) is 1.63. The Morgan fingerprint density at radius 2 is 2.11 bits per heavy atom. The van der Waals surface area contributed by atoms with E-state index in [0.29, 0.717) is 24.6 Å². The van der Waals surface area contributed by atoms with Crippen LogP contribution >= 0.6 is 11.3 Å². The Balaban J connectivity index is 2.61. The first-order valence-corrected chi connectivity index (χ1v) is 8.53. The van der Waals surface area contributed by atoms with Crippen LogP contribution in [0.5, 0.6) is 0 Å². The highest BCUT2D eigenvalue weighted by atomic mass is 32.2. The zero-order chi connectivity index (χ0) is 14.3. The van der Waals surface area contributed by atoms with Crippen molar-refractivity contribution in [1.82, 2.24) is 10.0 Å². The molecule has 0 amide bonds. The van der Waals surface area contributed by atoms with Gasteiger partial charge in [-0.25, -0.2) is 13.1 Å². The van der Waals surface area contributed by atoms with Gasteiger partial charge in [0, 0.05) is 36.6 Å². The van der Waals surface area contributed by atoms with Crippen molar-refractivity contribution >= 4 is 21.4 Å². The molecule has 0 aliphatic heterocycles. The fourth-order valence-corrected chi connectivity index (χ4v) is 4.43. The van der Waals surface area contributed by atoms with E-state index in [2.05, 4.69) is 10.0 Å². The smallest absolute Gasteiger partial charge is 0.241 e. The normalized spacial score (nSPS) is 11.9. The molecule has 5 nitrogen and oxygen atoms in total. The third kappa shape index (κ3) is 5.19. The van der Waals surface area contributed by atoms with Gasteiger partial charge in [-0.05, 0) is 32.9 Å². The summed E-state index contributed by atoms with van der Waals surface area (Å²) in [4.78, 5) is 2.25. The van der Waals surface area contributed by atoms with Crippen LogP contribution in [0, 0.1) is 6.92 Å². The fourth-order valence-electron chi connectivity index (χ4n) is 1.71. The number of methoxy groups -OCH3 is 1. The van der Waals surface area contributed by atoms with E-state index in [9.17, 15) is 8.42 Å². The van der Waals surface area contributed by atoms with Gasteiger partial charge in [0.25, 0.3) is 0 Å². The van der Waals surface area contributed by atoms with Crippen LogP contribution in [0.3, 0.4) is 0 Å². The van der Waals surface area contributed by atoms with E-state index in [0.717, 1.165) is 22.6 Å². The standard InChI is InChI=1S/C12H22N2O3S2/c1-10-12(8-11(18-10)9-13-2)19(15,16)14-6-4-5-7-17-3/h8,13-14H,4-7,9H2,1-3H3. The molecule has 0 bridgehead atoms. The van der Waals surface area contributed by atoms with Crippen molar-refractivity contribution in [2.75, 3.05) is 27.3 Å². The second-order valence-corrected chi connectivity index (χ2v) is 7.34. The maximum absolute atomic E-state index is 12.1. The first-order chi connectivity index (χ1) is 9.01. The summed E-state index contributed by atoms with van der Waals surface area (Å²) in [5.41, 5.74) is 0. The number of ether oxygens (including phenoxy) is 1. The van der Waals surface area contributed by atoms with E-state index < -0.39 is 10.0 Å². The van der Waals surface area contributed by atoms with Crippen LogP contribution in [-0.4, -0.2) is 35.7 Å². The van der Waals surface area contributed by atoms with E-state index in [-0.39, 0.29) is 0 Å². The number of unbranched alkanes of at least 4 members (excludes halogenated alkanes) is 1. The summed E-state index contributed by atoms with van der Waals surface area (Å²) in [5, 5.41) is 3.02. The second kappa shape index (κ2) is 7.96. The number of sulfonamides is 1. The molecule has 0 aliphatic rings. The predicted octanol–water partition coefficient (Wildman–Crippen LogP) is 1.48. The molecule has 110 valence electrons. The maximum Gasteiger partial charge on any atom is 0.241 e. The van der Waals surface area contributed by atoms with Gasteiger partial charge in [0.1, 0.15) is 0 Å².